The maximum atomic E-state index is 11.3. The Kier molecular flexibility index (Phi) is 3.74. The molecule has 96 valence electrons. The van der Waals surface area contributed by atoms with Crippen molar-refractivity contribution in [2.75, 3.05) is 7.11 Å². The van der Waals surface area contributed by atoms with Gasteiger partial charge in [-0.15, -0.1) is 0 Å². The van der Waals surface area contributed by atoms with Crippen LogP contribution in [0.2, 0.25) is 5.02 Å². The van der Waals surface area contributed by atoms with Crippen molar-refractivity contribution in [3.63, 3.8) is 0 Å². The minimum atomic E-state index is -0.427. The lowest BCUT2D eigenvalue weighted by molar-refractivity contribution is 0.106. The summed E-state index contributed by atoms with van der Waals surface area (Å²) < 4.78 is 5.62. The van der Waals surface area contributed by atoms with E-state index >= 15 is 0 Å². The van der Waals surface area contributed by atoms with Gasteiger partial charge in [0.25, 0.3) is 0 Å². The summed E-state index contributed by atoms with van der Waals surface area (Å²) in [7, 11) is 1.37. The van der Waals surface area contributed by atoms with Crippen molar-refractivity contribution >= 4 is 28.6 Å². The second-order valence-electron chi connectivity index (χ2n) is 3.83. The number of amides is 2. The van der Waals surface area contributed by atoms with Gasteiger partial charge in [-0.25, -0.2) is 10.3 Å². The van der Waals surface area contributed by atoms with Gasteiger partial charge in [-0.2, -0.15) is 0 Å². The number of furan rings is 1. The van der Waals surface area contributed by atoms with Crippen LogP contribution in [0.4, 0.5) is 4.79 Å². The molecule has 6 heteroatoms. The minimum Gasteiger partial charge on any atom is -0.459 e. The van der Waals surface area contributed by atoms with Crippen LogP contribution in [0.3, 0.4) is 0 Å². The van der Waals surface area contributed by atoms with E-state index in [9.17, 15) is 4.79 Å². The van der Waals surface area contributed by atoms with Gasteiger partial charge in [0.15, 0.2) is 0 Å². The fraction of sp³-hybridized carbons (Fsp3) is 0.250. The molecule has 0 saturated carbocycles. The molecule has 0 aliphatic carbocycles. The van der Waals surface area contributed by atoms with Gasteiger partial charge in [-0.1, -0.05) is 11.6 Å². The van der Waals surface area contributed by atoms with Crippen molar-refractivity contribution in [3.8, 4) is 0 Å². The fourth-order valence-electron chi connectivity index (χ4n) is 1.64. The lowest BCUT2D eigenvalue weighted by atomic mass is 10.2. The van der Waals surface area contributed by atoms with Gasteiger partial charge in [0.2, 0.25) is 0 Å². The molecular formula is C12H13ClN2O3. The first-order valence-corrected chi connectivity index (χ1v) is 5.76. The molecule has 1 atom stereocenters. The molecule has 1 unspecified atom stereocenters. The van der Waals surface area contributed by atoms with Crippen LogP contribution in [0.5, 0.6) is 0 Å². The van der Waals surface area contributed by atoms with E-state index in [0.29, 0.717) is 10.8 Å². The third-order valence-electron chi connectivity index (χ3n) is 2.47. The van der Waals surface area contributed by atoms with Crippen LogP contribution in [0.15, 0.2) is 28.7 Å². The fourth-order valence-corrected chi connectivity index (χ4v) is 1.82. The van der Waals surface area contributed by atoms with E-state index in [4.69, 9.17) is 16.0 Å². The molecule has 5 nitrogen and oxygen atoms in total. The zero-order chi connectivity index (χ0) is 13.1. The van der Waals surface area contributed by atoms with E-state index in [1.54, 1.807) is 12.1 Å². The highest BCUT2D eigenvalue weighted by Crippen LogP contribution is 2.26. The largest absolute Gasteiger partial charge is 0.459 e. The van der Waals surface area contributed by atoms with Crippen LogP contribution in [0.25, 0.3) is 11.0 Å². The van der Waals surface area contributed by atoms with Crippen LogP contribution in [0, 0.1) is 0 Å². The van der Waals surface area contributed by atoms with Crippen molar-refractivity contribution in [2.45, 2.75) is 13.0 Å². The van der Waals surface area contributed by atoms with Gasteiger partial charge < -0.3 is 9.73 Å². The Labute approximate surface area is 109 Å². The number of carbonyl (C=O) groups excluding carboxylic acids is 1. The molecule has 1 heterocycles. The average molecular weight is 269 g/mol. The third-order valence-corrected chi connectivity index (χ3v) is 2.70. The monoisotopic (exact) mass is 268 g/mol. The summed E-state index contributed by atoms with van der Waals surface area (Å²) in [6.07, 6.45) is 0. The summed E-state index contributed by atoms with van der Waals surface area (Å²) in [5, 5.41) is 4.22. The summed E-state index contributed by atoms with van der Waals surface area (Å²) in [6, 6.07) is 6.51. The van der Waals surface area contributed by atoms with E-state index in [0.717, 1.165) is 11.0 Å². The molecule has 18 heavy (non-hydrogen) atoms. The lowest BCUT2D eigenvalue weighted by Gasteiger charge is -2.10. The SMILES string of the molecule is CONC(=O)NC(C)c1cc2cc(Cl)ccc2o1. The van der Waals surface area contributed by atoms with Gasteiger partial charge in [-0.05, 0) is 31.2 Å². The highest BCUT2D eigenvalue weighted by Gasteiger charge is 2.14. The number of halogens is 1. The molecule has 0 aliphatic rings. The Morgan fingerprint density at radius 1 is 1.44 bits per heavy atom. The van der Waals surface area contributed by atoms with Crippen molar-refractivity contribution in [1.82, 2.24) is 10.8 Å². The molecule has 2 N–H and O–H groups in total. The maximum Gasteiger partial charge on any atom is 0.339 e. The van der Waals surface area contributed by atoms with Crippen LogP contribution < -0.4 is 10.8 Å². The normalized spacial score (nSPS) is 12.4. The molecule has 0 aliphatic heterocycles. The van der Waals surface area contributed by atoms with Gasteiger partial charge in [0, 0.05) is 10.4 Å². The molecular weight excluding hydrogens is 256 g/mol. The standard InChI is InChI=1S/C12H13ClN2O3/c1-7(14-12(16)15-17-2)11-6-8-5-9(13)3-4-10(8)18-11/h3-7H,1-2H3,(H2,14,15,16). The van der Waals surface area contributed by atoms with Crippen LogP contribution in [-0.2, 0) is 4.84 Å². The number of hydrogen-bond acceptors (Lipinski definition) is 3. The highest BCUT2D eigenvalue weighted by atomic mass is 35.5. The van der Waals surface area contributed by atoms with E-state index in [2.05, 4.69) is 15.6 Å². The molecule has 0 fully saturated rings. The van der Waals surface area contributed by atoms with E-state index in [-0.39, 0.29) is 6.04 Å². The predicted octanol–water partition coefficient (Wildman–Crippen LogP) is 3.01. The number of hydrogen-bond donors (Lipinski definition) is 2. The molecule has 2 aromatic rings. The maximum absolute atomic E-state index is 11.3. The van der Waals surface area contributed by atoms with Gasteiger partial charge in [0.1, 0.15) is 11.3 Å². The topological polar surface area (TPSA) is 63.5 Å². The van der Waals surface area contributed by atoms with Gasteiger partial charge in [-0.3, -0.25) is 4.84 Å². The van der Waals surface area contributed by atoms with E-state index in [1.165, 1.54) is 7.11 Å². The van der Waals surface area contributed by atoms with Gasteiger partial charge >= 0.3 is 6.03 Å². The Hall–Kier alpha value is -1.72. The summed E-state index contributed by atoms with van der Waals surface area (Å²) in [5.41, 5.74) is 2.91. The summed E-state index contributed by atoms with van der Waals surface area (Å²) in [4.78, 5) is 15.8. The Bertz CT molecular complexity index is 567. The van der Waals surface area contributed by atoms with Crippen LogP contribution >= 0.6 is 11.6 Å². The van der Waals surface area contributed by atoms with Crippen molar-refractivity contribution < 1.29 is 14.0 Å². The number of rotatable bonds is 3. The quantitative estimate of drug-likeness (QED) is 0.841. The number of carbonyl (C=O) groups is 1. The first-order valence-electron chi connectivity index (χ1n) is 5.38. The van der Waals surface area contributed by atoms with E-state index < -0.39 is 6.03 Å². The first-order chi connectivity index (χ1) is 8.60. The molecule has 0 saturated heterocycles. The highest BCUT2D eigenvalue weighted by molar-refractivity contribution is 6.31. The number of nitrogens with one attached hydrogen (secondary N) is 2. The molecule has 0 spiro atoms. The van der Waals surface area contributed by atoms with Crippen molar-refractivity contribution in [1.29, 1.82) is 0 Å². The molecule has 0 radical (unpaired) electrons. The van der Waals surface area contributed by atoms with E-state index in [1.807, 2.05) is 19.1 Å². The molecule has 0 bridgehead atoms. The van der Waals surface area contributed by atoms with Crippen LogP contribution in [0.1, 0.15) is 18.7 Å². The zero-order valence-corrected chi connectivity index (χ0v) is 10.7. The van der Waals surface area contributed by atoms with Crippen LogP contribution in [-0.4, -0.2) is 13.1 Å². The zero-order valence-electron chi connectivity index (χ0n) is 9.99. The van der Waals surface area contributed by atoms with Crippen molar-refractivity contribution in [3.05, 3.63) is 35.0 Å². The lowest BCUT2D eigenvalue weighted by Crippen LogP contribution is -2.36. The first kappa shape index (κ1) is 12.7. The smallest absolute Gasteiger partial charge is 0.339 e. The third kappa shape index (κ3) is 2.75. The Balaban J connectivity index is 2.17. The molecule has 1 aromatic heterocycles. The average Bonchev–Trinajstić information content (AvgIpc) is 2.72. The molecule has 1 aromatic carbocycles. The number of hydroxylamine groups is 1. The molecule has 2 amide bonds. The second kappa shape index (κ2) is 5.29. The van der Waals surface area contributed by atoms with Crippen molar-refractivity contribution in [2.24, 2.45) is 0 Å². The van der Waals surface area contributed by atoms with Gasteiger partial charge in [0.05, 0.1) is 13.2 Å². The summed E-state index contributed by atoms with van der Waals surface area (Å²) >= 11 is 5.90. The Morgan fingerprint density at radius 3 is 2.94 bits per heavy atom. The predicted molar refractivity (Wildman–Crippen MR) is 68.3 cm³/mol. The number of urea groups is 1. The Morgan fingerprint density at radius 2 is 2.22 bits per heavy atom. The number of fused-ring (bicyclic) bond motifs is 1. The molecule has 2 rings (SSSR count). The second-order valence-corrected chi connectivity index (χ2v) is 4.27. The summed E-state index contributed by atoms with van der Waals surface area (Å²) in [5.74, 6) is 0.651. The summed E-state index contributed by atoms with van der Waals surface area (Å²) in [6.45, 7) is 1.81. The number of benzene rings is 1. The minimum absolute atomic E-state index is 0.272.